The molecule has 0 bridgehead atoms. The molecule has 21 heavy (non-hydrogen) atoms. The summed E-state index contributed by atoms with van der Waals surface area (Å²) in [6, 6.07) is 4.62. The van der Waals surface area contributed by atoms with Crippen LogP contribution in [0, 0.1) is 5.92 Å². The molecule has 0 aromatic carbocycles. The summed E-state index contributed by atoms with van der Waals surface area (Å²) in [5.41, 5.74) is 0.0798. The van der Waals surface area contributed by atoms with Crippen LogP contribution in [0.25, 0.3) is 0 Å². The summed E-state index contributed by atoms with van der Waals surface area (Å²) in [4.78, 5) is 28.8. The van der Waals surface area contributed by atoms with Crippen molar-refractivity contribution in [3.63, 3.8) is 0 Å². The van der Waals surface area contributed by atoms with Gasteiger partial charge < -0.3 is 4.74 Å². The lowest BCUT2D eigenvalue weighted by Crippen LogP contribution is -2.26. The van der Waals surface area contributed by atoms with Crippen molar-refractivity contribution in [3.05, 3.63) is 23.9 Å². The minimum atomic E-state index is -3.66. The second kappa shape index (κ2) is 5.98. The molecule has 1 unspecified atom stereocenters. The zero-order valence-electron chi connectivity index (χ0n) is 11.2. The number of ether oxygens (including phenoxy) is 1. The number of methoxy groups -OCH3 is 1. The maximum absolute atomic E-state index is 12.0. The molecule has 1 aromatic rings. The Morgan fingerprint density at radius 3 is 2.86 bits per heavy atom. The van der Waals surface area contributed by atoms with E-state index < -0.39 is 15.0 Å². The molecule has 0 saturated carbocycles. The molecule has 1 aromatic heterocycles. The third kappa shape index (κ3) is 3.92. The number of rotatable bonds is 4. The molecule has 9 heteroatoms. The first-order chi connectivity index (χ1) is 9.80. The van der Waals surface area contributed by atoms with Gasteiger partial charge in [-0.05, 0) is 12.1 Å². The van der Waals surface area contributed by atoms with Gasteiger partial charge in [0.1, 0.15) is 5.82 Å². The summed E-state index contributed by atoms with van der Waals surface area (Å²) in [5, 5.41) is 0. The first-order valence-corrected chi connectivity index (χ1v) is 8.56. The van der Waals surface area contributed by atoms with Crippen molar-refractivity contribution in [1.82, 2.24) is 4.98 Å². The standard InChI is InChI=1S/C12H13ClN2O5S/c1-20-12(17)9-3-2-4-10(14-9)15-6-8(5-11(15)16)7-21(13,18)19/h2-4,8H,5-7H2,1H3. The largest absolute Gasteiger partial charge is 0.464 e. The highest BCUT2D eigenvalue weighted by Gasteiger charge is 2.34. The number of esters is 1. The summed E-state index contributed by atoms with van der Waals surface area (Å²) in [7, 11) is 2.78. The van der Waals surface area contributed by atoms with Crippen molar-refractivity contribution in [2.75, 3.05) is 24.3 Å². The average molecular weight is 333 g/mol. The zero-order chi connectivity index (χ0) is 15.6. The number of pyridine rings is 1. The van der Waals surface area contributed by atoms with E-state index in [-0.39, 0.29) is 42.1 Å². The lowest BCUT2D eigenvalue weighted by Gasteiger charge is -2.15. The van der Waals surface area contributed by atoms with Crippen LogP contribution in [-0.4, -0.2) is 44.7 Å². The number of carbonyl (C=O) groups is 2. The van der Waals surface area contributed by atoms with Gasteiger partial charge in [-0.2, -0.15) is 0 Å². The van der Waals surface area contributed by atoms with E-state index in [1.165, 1.54) is 18.1 Å². The van der Waals surface area contributed by atoms with E-state index in [0.29, 0.717) is 0 Å². The molecule has 1 aliphatic rings. The Balaban J connectivity index is 2.19. The Hall–Kier alpha value is -1.67. The summed E-state index contributed by atoms with van der Waals surface area (Å²) >= 11 is 0. The van der Waals surface area contributed by atoms with Gasteiger partial charge in [0.2, 0.25) is 15.0 Å². The average Bonchev–Trinajstić information content (AvgIpc) is 2.76. The number of carbonyl (C=O) groups excluding carboxylic acids is 2. The lowest BCUT2D eigenvalue weighted by atomic mass is 10.1. The maximum atomic E-state index is 12.0. The normalized spacial score (nSPS) is 18.9. The molecular weight excluding hydrogens is 320 g/mol. The summed E-state index contributed by atoms with van der Waals surface area (Å²) < 4.78 is 26.7. The fourth-order valence-corrected chi connectivity index (χ4v) is 3.51. The van der Waals surface area contributed by atoms with Crippen molar-refractivity contribution in [2.45, 2.75) is 6.42 Å². The summed E-state index contributed by atoms with van der Waals surface area (Å²) in [6.45, 7) is 0.197. The van der Waals surface area contributed by atoms with E-state index in [2.05, 4.69) is 9.72 Å². The number of amides is 1. The molecule has 0 spiro atoms. The van der Waals surface area contributed by atoms with Crippen LogP contribution < -0.4 is 4.90 Å². The Morgan fingerprint density at radius 2 is 2.24 bits per heavy atom. The zero-order valence-corrected chi connectivity index (χ0v) is 12.7. The number of hydrogen-bond donors (Lipinski definition) is 0. The van der Waals surface area contributed by atoms with Gasteiger partial charge in [-0.1, -0.05) is 6.07 Å². The van der Waals surface area contributed by atoms with E-state index in [1.54, 1.807) is 12.1 Å². The SMILES string of the molecule is COC(=O)c1cccc(N2CC(CS(=O)(=O)Cl)CC2=O)n1. The predicted octanol–water partition coefficient (Wildman–Crippen LogP) is 0.790. The smallest absolute Gasteiger partial charge is 0.356 e. The number of aromatic nitrogens is 1. The monoisotopic (exact) mass is 332 g/mol. The molecule has 1 fully saturated rings. The molecule has 1 aliphatic heterocycles. The van der Waals surface area contributed by atoms with Crippen LogP contribution in [0.4, 0.5) is 5.82 Å². The molecule has 0 aliphatic carbocycles. The van der Waals surface area contributed by atoms with Crippen LogP contribution in [-0.2, 0) is 18.6 Å². The van der Waals surface area contributed by atoms with Gasteiger partial charge in [0, 0.05) is 29.6 Å². The first kappa shape index (κ1) is 15.7. The Bertz CT molecular complexity index is 676. The minimum absolute atomic E-state index is 0.0794. The molecule has 2 rings (SSSR count). The van der Waals surface area contributed by atoms with Crippen molar-refractivity contribution in [1.29, 1.82) is 0 Å². The van der Waals surface area contributed by atoms with Gasteiger partial charge in [0.25, 0.3) is 0 Å². The Morgan fingerprint density at radius 1 is 1.52 bits per heavy atom. The quantitative estimate of drug-likeness (QED) is 0.597. The highest BCUT2D eigenvalue weighted by atomic mass is 35.7. The molecule has 7 nitrogen and oxygen atoms in total. The van der Waals surface area contributed by atoms with Crippen molar-refractivity contribution >= 4 is 37.4 Å². The van der Waals surface area contributed by atoms with Crippen LogP contribution in [0.2, 0.25) is 0 Å². The summed E-state index contributed by atoms with van der Waals surface area (Å²) in [6.07, 6.45) is 0.0794. The second-order valence-electron chi connectivity index (χ2n) is 4.65. The lowest BCUT2D eigenvalue weighted by molar-refractivity contribution is -0.117. The fraction of sp³-hybridized carbons (Fsp3) is 0.417. The molecule has 1 saturated heterocycles. The molecule has 114 valence electrons. The van der Waals surface area contributed by atoms with Gasteiger partial charge in [0.05, 0.1) is 12.9 Å². The topological polar surface area (TPSA) is 93.6 Å². The minimum Gasteiger partial charge on any atom is -0.464 e. The number of nitrogens with zero attached hydrogens (tertiary/aromatic N) is 2. The first-order valence-electron chi connectivity index (χ1n) is 6.08. The van der Waals surface area contributed by atoms with E-state index in [0.717, 1.165) is 0 Å². The fourth-order valence-electron chi connectivity index (χ4n) is 2.19. The number of halogens is 1. The Labute approximate surface area is 126 Å². The van der Waals surface area contributed by atoms with Gasteiger partial charge >= 0.3 is 5.97 Å². The van der Waals surface area contributed by atoms with E-state index in [9.17, 15) is 18.0 Å². The van der Waals surface area contributed by atoms with Crippen molar-refractivity contribution < 1.29 is 22.7 Å². The van der Waals surface area contributed by atoms with Gasteiger partial charge in [-0.15, -0.1) is 0 Å². The maximum Gasteiger partial charge on any atom is 0.356 e. The van der Waals surface area contributed by atoms with Crippen LogP contribution in [0.5, 0.6) is 0 Å². The molecule has 2 heterocycles. The van der Waals surface area contributed by atoms with Gasteiger partial charge in [0.15, 0.2) is 5.69 Å². The van der Waals surface area contributed by atoms with E-state index in [4.69, 9.17) is 10.7 Å². The Kier molecular flexibility index (Phi) is 4.48. The van der Waals surface area contributed by atoms with Crippen LogP contribution >= 0.6 is 10.7 Å². The molecular formula is C12H13ClN2O5S. The summed E-state index contributed by atoms with van der Waals surface area (Å²) in [5.74, 6) is -1.23. The predicted molar refractivity (Wildman–Crippen MR) is 75.7 cm³/mol. The molecule has 0 radical (unpaired) electrons. The number of anilines is 1. The van der Waals surface area contributed by atoms with Crippen LogP contribution in [0.3, 0.4) is 0 Å². The third-order valence-corrected chi connectivity index (χ3v) is 4.29. The van der Waals surface area contributed by atoms with E-state index >= 15 is 0 Å². The van der Waals surface area contributed by atoms with Crippen LogP contribution in [0.15, 0.2) is 18.2 Å². The van der Waals surface area contributed by atoms with Crippen molar-refractivity contribution in [3.8, 4) is 0 Å². The third-order valence-electron chi connectivity index (χ3n) is 3.05. The van der Waals surface area contributed by atoms with Gasteiger partial charge in [-0.25, -0.2) is 18.2 Å². The molecule has 1 atom stereocenters. The highest BCUT2D eigenvalue weighted by molar-refractivity contribution is 8.13. The molecule has 0 N–H and O–H groups in total. The highest BCUT2D eigenvalue weighted by Crippen LogP contribution is 2.25. The number of hydrogen-bond acceptors (Lipinski definition) is 6. The van der Waals surface area contributed by atoms with Gasteiger partial charge in [-0.3, -0.25) is 9.69 Å². The molecule has 1 amide bonds. The van der Waals surface area contributed by atoms with Crippen molar-refractivity contribution in [2.24, 2.45) is 5.92 Å². The second-order valence-corrected chi connectivity index (χ2v) is 7.47. The van der Waals surface area contributed by atoms with E-state index in [1.807, 2.05) is 0 Å². The van der Waals surface area contributed by atoms with Crippen LogP contribution in [0.1, 0.15) is 16.9 Å².